The van der Waals surface area contributed by atoms with Crippen molar-refractivity contribution in [3.63, 3.8) is 0 Å². The first-order chi connectivity index (χ1) is 9.22. The summed E-state index contributed by atoms with van der Waals surface area (Å²) < 4.78 is 0. The van der Waals surface area contributed by atoms with Crippen molar-refractivity contribution in [3.05, 3.63) is 59.7 Å². The first kappa shape index (κ1) is 13.6. The number of benzene rings is 2. The van der Waals surface area contributed by atoms with E-state index in [9.17, 15) is 4.79 Å². The Morgan fingerprint density at radius 2 is 1.95 bits per heavy atom. The van der Waals surface area contributed by atoms with Gasteiger partial charge in [0.25, 0.3) is 5.91 Å². The zero-order valence-electron chi connectivity index (χ0n) is 10.6. The number of aliphatic hydroxyl groups is 1. The van der Waals surface area contributed by atoms with Crippen molar-refractivity contribution < 1.29 is 9.90 Å². The summed E-state index contributed by atoms with van der Waals surface area (Å²) in [4.78, 5) is 13.1. The number of hydrogen-bond donors (Lipinski definition) is 2. The SMILES string of the molecule is CSc1cccc(NC(=O)c2ccc(CO)cc2)c1. The molecule has 98 valence electrons. The molecule has 0 aliphatic heterocycles. The van der Waals surface area contributed by atoms with Gasteiger partial charge >= 0.3 is 0 Å². The molecule has 0 spiro atoms. The van der Waals surface area contributed by atoms with Gasteiger partial charge in [-0.3, -0.25) is 4.79 Å². The number of aliphatic hydroxyl groups excluding tert-OH is 1. The van der Waals surface area contributed by atoms with E-state index in [1.165, 1.54) is 0 Å². The van der Waals surface area contributed by atoms with Gasteiger partial charge in [0.15, 0.2) is 0 Å². The lowest BCUT2D eigenvalue weighted by Crippen LogP contribution is -2.11. The third-order valence-electron chi connectivity index (χ3n) is 2.73. The second-order valence-electron chi connectivity index (χ2n) is 4.04. The Morgan fingerprint density at radius 1 is 1.21 bits per heavy atom. The van der Waals surface area contributed by atoms with Crippen molar-refractivity contribution in [1.29, 1.82) is 0 Å². The molecule has 0 aliphatic rings. The fraction of sp³-hybridized carbons (Fsp3) is 0.133. The molecule has 0 unspecified atom stereocenters. The van der Waals surface area contributed by atoms with Gasteiger partial charge in [-0.15, -0.1) is 11.8 Å². The van der Waals surface area contributed by atoms with E-state index >= 15 is 0 Å². The number of thioether (sulfide) groups is 1. The molecule has 0 saturated carbocycles. The van der Waals surface area contributed by atoms with Gasteiger partial charge in [-0.1, -0.05) is 18.2 Å². The van der Waals surface area contributed by atoms with Crippen LogP contribution in [0.4, 0.5) is 5.69 Å². The monoisotopic (exact) mass is 273 g/mol. The maximum Gasteiger partial charge on any atom is 0.255 e. The van der Waals surface area contributed by atoms with E-state index in [0.717, 1.165) is 16.1 Å². The molecule has 0 saturated heterocycles. The van der Waals surface area contributed by atoms with Crippen molar-refractivity contribution in [2.45, 2.75) is 11.5 Å². The molecule has 3 nitrogen and oxygen atoms in total. The Labute approximate surface area is 116 Å². The number of carbonyl (C=O) groups is 1. The minimum atomic E-state index is -0.150. The molecule has 4 heteroatoms. The van der Waals surface area contributed by atoms with E-state index in [0.29, 0.717) is 5.56 Å². The maximum atomic E-state index is 12.0. The smallest absolute Gasteiger partial charge is 0.255 e. The summed E-state index contributed by atoms with van der Waals surface area (Å²) in [5.41, 5.74) is 2.15. The average Bonchev–Trinajstić information content (AvgIpc) is 2.47. The van der Waals surface area contributed by atoms with E-state index in [4.69, 9.17) is 5.11 Å². The Hall–Kier alpha value is -1.78. The topological polar surface area (TPSA) is 49.3 Å². The molecular weight excluding hydrogens is 258 g/mol. The number of anilines is 1. The van der Waals surface area contributed by atoms with Crippen LogP contribution in [0.25, 0.3) is 0 Å². The van der Waals surface area contributed by atoms with Crippen molar-refractivity contribution in [2.24, 2.45) is 0 Å². The Morgan fingerprint density at radius 3 is 2.58 bits per heavy atom. The van der Waals surface area contributed by atoms with Gasteiger partial charge in [-0.25, -0.2) is 0 Å². The normalized spacial score (nSPS) is 10.2. The lowest BCUT2D eigenvalue weighted by Gasteiger charge is -2.07. The highest BCUT2D eigenvalue weighted by atomic mass is 32.2. The van der Waals surface area contributed by atoms with E-state index in [1.54, 1.807) is 36.0 Å². The second-order valence-corrected chi connectivity index (χ2v) is 4.92. The van der Waals surface area contributed by atoms with Gasteiger partial charge in [-0.05, 0) is 42.2 Å². The number of hydrogen-bond acceptors (Lipinski definition) is 3. The molecule has 0 heterocycles. The molecule has 0 bridgehead atoms. The Bertz CT molecular complexity index is 567. The van der Waals surface area contributed by atoms with E-state index in [1.807, 2.05) is 30.5 Å². The van der Waals surface area contributed by atoms with Crippen molar-refractivity contribution in [3.8, 4) is 0 Å². The summed E-state index contributed by atoms with van der Waals surface area (Å²) in [6.07, 6.45) is 1.99. The van der Waals surface area contributed by atoms with Crippen LogP contribution in [0.1, 0.15) is 15.9 Å². The maximum absolute atomic E-state index is 12.0. The summed E-state index contributed by atoms with van der Waals surface area (Å²) in [5, 5.41) is 11.8. The molecule has 2 aromatic carbocycles. The van der Waals surface area contributed by atoms with Crippen LogP contribution in [0.15, 0.2) is 53.4 Å². The van der Waals surface area contributed by atoms with Crippen LogP contribution in [0.5, 0.6) is 0 Å². The molecule has 0 radical (unpaired) electrons. The zero-order valence-corrected chi connectivity index (χ0v) is 11.4. The predicted molar refractivity (Wildman–Crippen MR) is 78.5 cm³/mol. The highest BCUT2D eigenvalue weighted by Crippen LogP contribution is 2.19. The highest BCUT2D eigenvalue weighted by Gasteiger charge is 2.06. The summed E-state index contributed by atoms with van der Waals surface area (Å²) in [6, 6.07) is 14.6. The lowest BCUT2D eigenvalue weighted by molar-refractivity contribution is 0.102. The second kappa shape index (κ2) is 6.41. The van der Waals surface area contributed by atoms with Gasteiger partial charge in [0, 0.05) is 16.1 Å². The fourth-order valence-electron chi connectivity index (χ4n) is 1.67. The van der Waals surface area contributed by atoms with Crippen molar-refractivity contribution in [2.75, 3.05) is 11.6 Å². The largest absolute Gasteiger partial charge is 0.392 e. The molecule has 0 fully saturated rings. The van der Waals surface area contributed by atoms with Crippen LogP contribution in [-0.4, -0.2) is 17.3 Å². The number of rotatable bonds is 4. The zero-order chi connectivity index (χ0) is 13.7. The first-order valence-electron chi connectivity index (χ1n) is 5.88. The summed E-state index contributed by atoms with van der Waals surface area (Å²) >= 11 is 1.63. The third-order valence-corrected chi connectivity index (χ3v) is 3.45. The number of amides is 1. The van der Waals surface area contributed by atoms with Crippen LogP contribution in [-0.2, 0) is 6.61 Å². The highest BCUT2D eigenvalue weighted by molar-refractivity contribution is 7.98. The summed E-state index contributed by atoms with van der Waals surface area (Å²) in [5.74, 6) is -0.150. The summed E-state index contributed by atoms with van der Waals surface area (Å²) in [7, 11) is 0. The molecule has 19 heavy (non-hydrogen) atoms. The van der Waals surface area contributed by atoms with Crippen LogP contribution in [0, 0.1) is 0 Å². The lowest BCUT2D eigenvalue weighted by atomic mass is 10.1. The van der Waals surface area contributed by atoms with Crippen LogP contribution in [0.2, 0.25) is 0 Å². The van der Waals surface area contributed by atoms with Crippen molar-refractivity contribution >= 4 is 23.4 Å². The van der Waals surface area contributed by atoms with E-state index in [2.05, 4.69) is 5.32 Å². The molecule has 2 rings (SSSR count). The van der Waals surface area contributed by atoms with Gasteiger partial charge in [0.2, 0.25) is 0 Å². The molecular formula is C15H15NO2S. The van der Waals surface area contributed by atoms with Gasteiger partial charge < -0.3 is 10.4 Å². The van der Waals surface area contributed by atoms with Crippen molar-refractivity contribution in [1.82, 2.24) is 0 Å². The van der Waals surface area contributed by atoms with Gasteiger partial charge in [-0.2, -0.15) is 0 Å². The van der Waals surface area contributed by atoms with Gasteiger partial charge in [0.05, 0.1) is 6.61 Å². The fourth-order valence-corrected chi connectivity index (χ4v) is 2.13. The van der Waals surface area contributed by atoms with Crippen LogP contribution in [0.3, 0.4) is 0 Å². The number of carbonyl (C=O) groups excluding carboxylic acids is 1. The quantitative estimate of drug-likeness (QED) is 0.841. The molecule has 0 aromatic heterocycles. The third kappa shape index (κ3) is 3.59. The van der Waals surface area contributed by atoms with E-state index < -0.39 is 0 Å². The standard InChI is InChI=1S/C15H15NO2S/c1-19-14-4-2-3-13(9-14)16-15(18)12-7-5-11(10-17)6-8-12/h2-9,17H,10H2,1H3,(H,16,18). The molecule has 2 N–H and O–H groups in total. The van der Waals surface area contributed by atoms with Crippen LogP contribution < -0.4 is 5.32 Å². The minimum Gasteiger partial charge on any atom is -0.392 e. The average molecular weight is 273 g/mol. The molecule has 2 aromatic rings. The van der Waals surface area contributed by atoms with E-state index in [-0.39, 0.29) is 12.5 Å². The molecule has 0 atom stereocenters. The molecule has 0 aliphatic carbocycles. The Balaban J connectivity index is 2.11. The first-order valence-corrected chi connectivity index (χ1v) is 7.10. The summed E-state index contributed by atoms with van der Waals surface area (Å²) in [6.45, 7) is -0.0162. The minimum absolute atomic E-state index is 0.0162. The van der Waals surface area contributed by atoms with Crippen LogP contribution >= 0.6 is 11.8 Å². The Kier molecular flexibility index (Phi) is 4.60. The van der Waals surface area contributed by atoms with Gasteiger partial charge in [0.1, 0.15) is 0 Å². The predicted octanol–water partition coefficient (Wildman–Crippen LogP) is 3.15. The number of nitrogens with one attached hydrogen (secondary N) is 1. The molecule has 1 amide bonds.